The molecule has 0 aromatic heterocycles. The van der Waals surface area contributed by atoms with E-state index in [0.717, 1.165) is 19.1 Å². The monoisotopic (exact) mass is 255 g/mol. The van der Waals surface area contributed by atoms with E-state index in [1.54, 1.807) is 0 Å². The SMILES string of the molecule is CCC1CCCCC1N1CCOCC1C(=O)OC. The lowest BCUT2D eigenvalue weighted by molar-refractivity contribution is -0.157. The second kappa shape index (κ2) is 6.53. The van der Waals surface area contributed by atoms with Crippen molar-refractivity contribution in [2.75, 3.05) is 26.9 Å². The van der Waals surface area contributed by atoms with Crippen LogP contribution in [0.15, 0.2) is 0 Å². The van der Waals surface area contributed by atoms with Gasteiger partial charge in [0, 0.05) is 12.6 Å². The number of hydrogen-bond donors (Lipinski definition) is 0. The van der Waals surface area contributed by atoms with Crippen molar-refractivity contribution in [2.24, 2.45) is 5.92 Å². The van der Waals surface area contributed by atoms with Gasteiger partial charge in [-0.3, -0.25) is 9.69 Å². The van der Waals surface area contributed by atoms with Gasteiger partial charge in [0.15, 0.2) is 0 Å². The standard InChI is InChI=1S/C14H25NO3/c1-3-11-6-4-5-7-12(11)15-8-9-18-10-13(15)14(16)17-2/h11-13H,3-10H2,1-2H3. The Bertz CT molecular complexity index is 282. The maximum Gasteiger partial charge on any atom is 0.325 e. The molecule has 104 valence electrons. The third kappa shape index (κ3) is 2.86. The number of carbonyl (C=O) groups is 1. The van der Waals surface area contributed by atoms with E-state index in [1.165, 1.54) is 39.2 Å². The molecule has 0 bridgehead atoms. The lowest BCUT2D eigenvalue weighted by Gasteiger charge is -2.44. The lowest BCUT2D eigenvalue weighted by Crippen LogP contribution is -2.57. The van der Waals surface area contributed by atoms with Gasteiger partial charge in [0.25, 0.3) is 0 Å². The molecule has 2 aliphatic rings. The third-order valence-corrected chi connectivity index (χ3v) is 4.46. The summed E-state index contributed by atoms with van der Waals surface area (Å²) in [7, 11) is 1.47. The first-order valence-corrected chi connectivity index (χ1v) is 7.19. The van der Waals surface area contributed by atoms with Crippen molar-refractivity contribution in [2.45, 2.75) is 51.1 Å². The molecule has 2 rings (SSSR count). The van der Waals surface area contributed by atoms with Gasteiger partial charge in [-0.15, -0.1) is 0 Å². The molecule has 4 nitrogen and oxygen atoms in total. The van der Waals surface area contributed by atoms with E-state index >= 15 is 0 Å². The molecule has 1 heterocycles. The van der Waals surface area contributed by atoms with Gasteiger partial charge in [0.2, 0.25) is 0 Å². The number of rotatable bonds is 3. The first kappa shape index (κ1) is 13.8. The Morgan fingerprint density at radius 2 is 2.17 bits per heavy atom. The fourth-order valence-electron chi connectivity index (χ4n) is 3.45. The molecule has 3 unspecified atom stereocenters. The largest absolute Gasteiger partial charge is 0.468 e. The van der Waals surface area contributed by atoms with Crippen LogP contribution in [0.5, 0.6) is 0 Å². The van der Waals surface area contributed by atoms with E-state index in [4.69, 9.17) is 9.47 Å². The molecule has 4 heteroatoms. The molecule has 0 amide bonds. The zero-order valence-corrected chi connectivity index (χ0v) is 11.6. The molecule has 1 aliphatic carbocycles. The van der Waals surface area contributed by atoms with E-state index in [-0.39, 0.29) is 12.0 Å². The minimum absolute atomic E-state index is 0.143. The number of ether oxygens (including phenoxy) is 2. The quantitative estimate of drug-likeness (QED) is 0.721. The number of esters is 1. The number of hydrogen-bond acceptors (Lipinski definition) is 4. The average Bonchev–Trinajstić information content (AvgIpc) is 2.46. The molecule has 1 saturated heterocycles. The highest BCUT2D eigenvalue weighted by Gasteiger charge is 2.38. The highest BCUT2D eigenvalue weighted by Crippen LogP contribution is 2.32. The van der Waals surface area contributed by atoms with Crippen LogP contribution in [-0.4, -0.2) is 49.8 Å². The molecular weight excluding hydrogens is 230 g/mol. The number of nitrogens with zero attached hydrogens (tertiary/aromatic N) is 1. The molecule has 0 aromatic rings. The summed E-state index contributed by atoms with van der Waals surface area (Å²) in [5, 5.41) is 0. The number of carbonyl (C=O) groups excluding carboxylic acids is 1. The predicted molar refractivity (Wildman–Crippen MR) is 69.4 cm³/mol. The van der Waals surface area contributed by atoms with Crippen LogP contribution in [0.4, 0.5) is 0 Å². The molecule has 3 atom stereocenters. The maximum absolute atomic E-state index is 11.9. The van der Waals surface area contributed by atoms with Gasteiger partial charge in [0.1, 0.15) is 6.04 Å². The Hall–Kier alpha value is -0.610. The van der Waals surface area contributed by atoms with Crippen LogP contribution in [0.2, 0.25) is 0 Å². The molecule has 0 N–H and O–H groups in total. The predicted octanol–water partition coefficient (Wildman–Crippen LogP) is 1.83. The maximum atomic E-state index is 11.9. The first-order chi connectivity index (χ1) is 8.77. The topological polar surface area (TPSA) is 38.8 Å². The summed E-state index contributed by atoms with van der Waals surface area (Å²) in [6.07, 6.45) is 6.34. The van der Waals surface area contributed by atoms with Gasteiger partial charge in [-0.25, -0.2) is 0 Å². The van der Waals surface area contributed by atoms with Gasteiger partial charge >= 0.3 is 5.97 Å². The molecule has 1 saturated carbocycles. The molecule has 1 aliphatic heterocycles. The van der Waals surface area contributed by atoms with Crippen LogP contribution in [0.1, 0.15) is 39.0 Å². The number of morpholine rings is 1. The van der Waals surface area contributed by atoms with Crippen molar-refractivity contribution in [3.8, 4) is 0 Å². The van der Waals surface area contributed by atoms with Crippen LogP contribution >= 0.6 is 0 Å². The van der Waals surface area contributed by atoms with Crippen LogP contribution < -0.4 is 0 Å². The van der Waals surface area contributed by atoms with E-state index < -0.39 is 0 Å². The van der Waals surface area contributed by atoms with Crippen molar-refractivity contribution in [3.63, 3.8) is 0 Å². The Morgan fingerprint density at radius 3 is 2.89 bits per heavy atom. The summed E-state index contributed by atoms with van der Waals surface area (Å²) < 4.78 is 10.4. The zero-order valence-electron chi connectivity index (χ0n) is 11.6. The van der Waals surface area contributed by atoms with Gasteiger partial charge in [-0.1, -0.05) is 26.2 Å². The summed E-state index contributed by atoms with van der Waals surface area (Å²) in [5.74, 6) is 0.583. The van der Waals surface area contributed by atoms with Crippen molar-refractivity contribution in [1.29, 1.82) is 0 Å². The van der Waals surface area contributed by atoms with Crippen LogP contribution in [-0.2, 0) is 14.3 Å². The van der Waals surface area contributed by atoms with Crippen molar-refractivity contribution in [3.05, 3.63) is 0 Å². The normalized spacial score (nSPS) is 34.2. The summed E-state index contributed by atoms with van der Waals surface area (Å²) >= 11 is 0. The second-order valence-corrected chi connectivity index (χ2v) is 5.37. The number of methoxy groups -OCH3 is 1. The van der Waals surface area contributed by atoms with Crippen molar-refractivity contribution < 1.29 is 14.3 Å². The molecule has 0 spiro atoms. The van der Waals surface area contributed by atoms with E-state index in [9.17, 15) is 4.79 Å². The van der Waals surface area contributed by atoms with Gasteiger partial charge in [-0.2, -0.15) is 0 Å². The first-order valence-electron chi connectivity index (χ1n) is 7.19. The van der Waals surface area contributed by atoms with Crippen LogP contribution in [0, 0.1) is 5.92 Å². The third-order valence-electron chi connectivity index (χ3n) is 4.46. The Kier molecular flexibility index (Phi) is 5.01. The Labute approximate surface area is 110 Å². The van der Waals surface area contributed by atoms with Gasteiger partial charge in [0.05, 0.1) is 20.3 Å². The molecule has 0 aromatic carbocycles. The highest BCUT2D eigenvalue weighted by atomic mass is 16.5. The molecule has 18 heavy (non-hydrogen) atoms. The van der Waals surface area contributed by atoms with E-state index in [1.807, 2.05) is 0 Å². The molecular formula is C14H25NO3. The van der Waals surface area contributed by atoms with Gasteiger partial charge < -0.3 is 9.47 Å². The minimum Gasteiger partial charge on any atom is -0.468 e. The summed E-state index contributed by atoms with van der Waals surface area (Å²) in [4.78, 5) is 14.2. The Morgan fingerprint density at radius 1 is 1.39 bits per heavy atom. The van der Waals surface area contributed by atoms with Crippen molar-refractivity contribution in [1.82, 2.24) is 4.90 Å². The molecule has 0 radical (unpaired) electrons. The smallest absolute Gasteiger partial charge is 0.325 e. The lowest BCUT2D eigenvalue weighted by atomic mass is 9.81. The van der Waals surface area contributed by atoms with E-state index in [2.05, 4.69) is 11.8 Å². The van der Waals surface area contributed by atoms with Gasteiger partial charge in [-0.05, 0) is 18.8 Å². The zero-order chi connectivity index (χ0) is 13.0. The van der Waals surface area contributed by atoms with Crippen molar-refractivity contribution >= 4 is 5.97 Å². The molecule has 2 fully saturated rings. The summed E-state index contributed by atoms with van der Waals surface area (Å²) in [6.45, 7) is 4.34. The second-order valence-electron chi connectivity index (χ2n) is 5.37. The fraction of sp³-hybridized carbons (Fsp3) is 0.929. The van der Waals surface area contributed by atoms with Crippen LogP contribution in [0.25, 0.3) is 0 Å². The summed E-state index contributed by atoms with van der Waals surface area (Å²) in [6, 6.07) is 0.345. The highest BCUT2D eigenvalue weighted by molar-refractivity contribution is 5.76. The van der Waals surface area contributed by atoms with Crippen LogP contribution in [0.3, 0.4) is 0 Å². The fourth-order valence-corrected chi connectivity index (χ4v) is 3.45. The minimum atomic E-state index is -0.194. The van der Waals surface area contributed by atoms with E-state index in [0.29, 0.717) is 12.6 Å². The summed E-state index contributed by atoms with van der Waals surface area (Å²) in [5.41, 5.74) is 0. The Balaban J connectivity index is 2.09. The average molecular weight is 255 g/mol.